The summed E-state index contributed by atoms with van der Waals surface area (Å²) in [5.74, 6) is 0.729. The van der Waals surface area contributed by atoms with Gasteiger partial charge < -0.3 is 10.2 Å². The van der Waals surface area contributed by atoms with E-state index >= 15 is 0 Å². The third-order valence-corrected chi connectivity index (χ3v) is 5.41. The number of hydrogen-bond acceptors (Lipinski definition) is 4. The molecule has 25 heavy (non-hydrogen) atoms. The molecule has 0 saturated heterocycles. The van der Waals surface area contributed by atoms with Gasteiger partial charge >= 0.3 is 0 Å². The second-order valence-electron chi connectivity index (χ2n) is 6.26. The predicted molar refractivity (Wildman–Crippen MR) is 106 cm³/mol. The lowest BCUT2D eigenvalue weighted by molar-refractivity contribution is -0.124. The molecule has 1 atom stereocenters. The minimum atomic E-state index is -0.801. The van der Waals surface area contributed by atoms with Gasteiger partial charge in [0.2, 0.25) is 0 Å². The fraction of sp³-hybridized carbons (Fsp3) is 0.300. The Morgan fingerprint density at radius 1 is 1.08 bits per heavy atom. The molecule has 4 nitrogen and oxygen atoms in total. The van der Waals surface area contributed by atoms with E-state index in [0.717, 1.165) is 11.3 Å². The van der Waals surface area contributed by atoms with Crippen LogP contribution in [0.2, 0.25) is 0 Å². The SMILES string of the molecule is CCC1(c2ccccc2)N=C(SCc2ccccc2N(C)C)NC1=O. The molecule has 2 aromatic rings. The van der Waals surface area contributed by atoms with E-state index in [9.17, 15) is 4.79 Å². The molecule has 0 saturated carbocycles. The van der Waals surface area contributed by atoms with Crippen molar-refractivity contribution in [1.29, 1.82) is 0 Å². The topological polar surface area (TPSA) is 44.7 Å². The molecule has 0 aliphatic carbocycles. The lowest BCUT2D eigenvalue weighted by Gasteiger charge is -2.21. The first-order chi connectivity index (χ1) is 12.1. The Labute approximate surface area is 153 Å². The van der Waals surface area contributed by atoms with Gasteiger partial charge in [-0.15, -0.1) is 0 Å². The van der Waals surface area contributed by atoms with Crippen molar-refractivity contribution in [3.05, 3.63) is 65.7 Å². The number of anilines is 1. The summed E-state index contributed by atoms with van der Waals surface area (Å²) in [6.07, 6.45) is 0.640. The highest BCUT2D eigenvalue weighted by Gasteiger charge is 2.43. The number of nitrogens with one attached hydrogen (secondary N) is 1. The van der Waals surface area contributed by atoms with Gasteiger partial charge in [0, 0.05) is 25.5 Å². The van der Waals surface area contributed by atoms with Gasteiger partial charge in [0.25, 0.3) is 5.91 Å². The molecule has 2 aromatic carbocycles. The molecule has 1 aliphatic rings. The second-order valence-corrected chi connectivity index (χ2v) is 7.23. The van der Waals surface area contributed by atoms with Crippen molar-refractivity contribution < 1.29 is 4.79 Å². The van der Waals surface area contributed by atoms with Crippen LogP contribution in [0.15, 0.2) is 59.6 Å². The average Bonchev–Trinajstić information content (AvgIpc) is 2.97. The molecular weight excluding hydrogens is 330 g/mol. The van der Waals surface area contributed by atoms with Gasteiger partial charge in [-0.3, -0.25) is 4.79 Å². The second kappa shape index (κ2) is 7.31. The highest BCUT2D eigenvalue weighted by molar-refractivity contribution is 8.13. The molecule has 1 amide bonds. The number of benzene rings is 2. The lowest BCUT2D eigenvalue weighted by atomic mass is 9.88. The maximum atomic E-state index is 12.7. The highest BCUT2D eigenvalue weighted by Crippen LogP contribution is 2.35. The first kappa shape index (κ1) is 17.5. The summed E-state index contributed by atoms with van der Waals surface area (Å²) in [7, 11) is 4.08. The van der Waals surface area contributed by atoms with Crippen LogP contribution in [-0.2, 0) is 16.1 Å². The molecule has 1 unspecified atom stereocenters. The van der Waals surface area contributed by atoms with Gasteiger partial charge in [-0.05, 0) is 23.6 Å². The van der Waals surface area contributed by atoms with Crippen molar-refractivity contribution in [2.24, 2.45) is 4.99 Å². The monoisotopic (exact) mass is 353 g/mol. The quantitative estimate of drug-likeness (QED) is 0.890. The Bertz CT molecular complexity index is 789. The number of para-hydroxylation sites is 1. The van der Waals surface area contributed by atoms with Crippen molar-refractivity contribution in [1.82, 2.24) is 5.32 Å². The molecule has 0 bridgehead atoms. The van der Waals surface area contributed by atoms with E-state index in [1.165, 1.54) is 11.3 Å². The number of aliphatic imine (C=N–C) groups is 1. The van der Waals surface area contributed by atoms with E-state index in [1.54, 1.807) is 11.8 Å². The molecule has 130 valence electrons. The Kier molecular flexibility index (Phi) is 5.13. The molecule has 0 aromatic heterocycles. The number of amides is 1. The zero-order valence-electron chi connectivity index (χ0n) is 14.8. The zero-order valence-corrected chi connectivity index (χ0v) is 15.6. The molecular formula is C20H23N3OS. The summed E-state index contributed by atoms with van der Waals surface area (Å²) < 4.78 is 0. The standard InChI is InChI=1S/C20H23N3OS/c1-4-20(16-11-6-5-7-12-16)18(24)21-19(22-20)25-14-15-10-8-9-13-17(15)23(2)3/h5-13H,4,14H2,1-3H3,(H,21,22,24). The van der Waals surface area contributed by atoms with Crippen LogP contribution >= 0.6 is 11.8 Å². The summed E-state index contributed by atoms with van der Waals surface area (Å²) in [6.45, 7) is 2.00. The number of hydrogen-bond donors (Lipinski definition) is 1. The maximum Gasteiger partial charge on any atom is 0.258 e. The molecule has 3 rings (SSSR count). The average molecular weight is 353 g/mol. The Balaban J connectivity index is 1.82. The third-order valence-electron chi connectivity index (χ3n) is 4.49. The molecule has 0 spiro atoms. The van der Waals surface area contributed by atoms with Crippen molar-refractivity contribution in [3.63, 3.8) is 0 Å². The first-order valence-electron chi connectivity index (χ1n) is 8.41. The van der Waals surface area contributed by atoms with Crippen LogP contribution in [0.25, 0.3) is 0 Å². The molecule has 0 radical (unpaired) electrons. The van der Waals surface area contributed by atoms with E-state index in [4.69, 9.17) is 4.99 Å². The number of thioether (sulfide) groups is 1. The van der Waals surface area contributed by atoms with E-state index < -0.39 is 5.54 Å². The summed E-state index contributed by atoms with van der Waals surface area (Å²) in [4.78, 5) is 19.6. The van der Waals surface area contributed by atoms with Crippen LogP contribution in [0, 0.1) is 0 Å². The van der Waals surface area contributed by atoms with Crippen LogP contribution in [0.5, 0.6) is 0 Å². The molecule has 0 fully saturated rings. The summed E-state index contributed by atoms with van der Waals surface area (Å²) in [5, 5.41) is 3.67. The van der Waals surface area contributed by atoms with Gasteiger partial charge in [-0.1, -0.05) is 67.2 Å². The van der Waals surface area contributed by atoms with Crippen LogP contribution in [0.4, 0.5) is 5.69 Å². The van der Waals surface area contributed by atoms with Gasteiger partial charge in [0.05, 0.1) is 0 Å². The van der Waals surface area contributed by atoms with Gasteiger partial charge in [0.15, 0.2) is 10.7 Å². The fourth-order valence-corrected chi connectivity index (χ4v) is 4.01. The van der Waals surface area contributed by atoms with Crippen LogP contribution in [0.3, 0.4) is 0 Å². The van der Waals surface area contributed by atoms with E-state index in [0.29, 0.717) is 11.6 Å². The third kappa shape index (κ3) is 3.42. The highest BCUT2D eigenvalue weighted by atomic mass is 32.2. The van der Waals surface area contributed by atoms with E-state index in [-0.39, 0.29) is 5.91 Å². The fourth-order valence-electron chi connectivity index (χ4n) is 3.09. The van der Waals surface area contributed by atoms with Crippen LogP contribution in [0.1, 0.15) is 24.5 Å². The molecule has 5 heteroatoms. The van der Waals surface area contributed by atoms with Crippen LogP contribution < -0.4 is 10.2 Å². The van der Waals surface area contributed by atoms with E-state index in [2.05, 4.69) is 22.3 Å². The Morgan fingerprint density at radius 3 is 2.44 bits per heavy atom. The molecule has 1 aliphatic heterocycles. The van der Waals surface area contributed by atoms with Crippen molar-refractivity contribution >= 4 is 28.5 Å². The van der Waals surface area contributed by atoms with E-state index in [1.807, 2.05) is 63.5 Å². The zero-order chi connectivity index (χ0) is 17.9. The van der Waals surface area contributed by atoms with Gasteiger partial charge in [-0.25, -0.2) is 4.99 Å². The minimum absolute atomic E-state index is 0.0374. The first-order valence-corrected chi connectivity index (χ1v) is 9.40. The number of rotatable bonds is 5. The van der Waals surface area contributed by atoms with Crippen molar-refractivity contribution in [3.8, 4) is 0 Å². The molecule has 1 N–H and O–H groups in total. The number of carbonyl (C=O) groups is 1. The largest absolute Gasteiger partial charge is 0.377 e. The summed E-state index contributed by atoms with van der Waals surface area (Å²) >= 11 is 1.58. The number of amidine groups is 1. The normalized spacial score (nSPS) is 19.5. The smallest absolute Gasteiger partial charge is 0.258 e. The van der Waals surface area contributed by atoms with Crippen LogP contribution in [-0.4, -0.2) is 25.2 Å². The minimum Gasteiger partial charge on any atom is -0.377 e. The Hall–Kier alpha value is -2.27. The molecule has 1 heterocycles. The van der Waals surface area contributed by atoms with Crippen molar-refractivity contribution in [2.75, 3.05) is 19.0 Å². The summed E-state index contributed by atoms with van der Waals surface area (Å²) in [5.41, 5.74) is 2.55. The van der Waals surface area contributed by atoms with Gasteiger partial charge in [-0.2, -0.15) is 0 Å². The predicted octanol–water partition coefficient (Wildman–Crippen LogP) is 3.78. The van der Waals surface area contributed by atoms with Crippen molar-refractivity contribution in [2.45, 2.75) is 24.6 Å². The summed E-state index contributed by atoms with van der Waals surface area (Å²) in [6, 6.07) is 18.1. The number of carbonyl (C=O) groups excluding carboxylic acids is 1. The van der Waals surface area contributed by atoms with Gasteiger partial charge in [0.1, 0.15) is 0 Å². The lowest BCUT2D eigenvalue weighted by Crippen LogP contribution is -2.36. The number of nitrogens with zero attached hydrogens (tertiary/aromatic N) is 2. The Morgan fingerprint density at radius 2 is 1.76 bits per heavy atom. The maximum absolute atomic E-state index is 12.7.